The van der Waals surface area contributed by atoms with Gasteiger partial charge in [-0.15, -0.1) is 11.3 Å². The van der Waals surface area contributed by atoms with Gasteiger partial charge in [0.05, 0.1) is 4.88 Å². The van der Waals surface area contributed by atoms with Crippen molar-refractivity contribution in [2.45, 2.75) is 25.8 Å². The van der Waals surface area contributed by atoms with Crippen LogP contribution in [0.5, 0.6) is 0 Å². The molecule has 1 aliphatic carbocycles. The molecule has 0 spiro atoms. The monoisotopic (exact) mass is 360 g/mol. The number of aryl methyl sites for hydroxylation is 1. The van der Waals surface area contributed by atoms with Crippen molar-refractivity contribution in [1.29, 1.82) is 0 Å². The molecule has 4 nitrogen and oxygen atoms in total. The molecule has 6 heteroatoms. The quantitative estimate of drug-likeness (QED) is 0.911. The van der Waals surface area contributed by atoms with Crippen molar-refractivity contribution in [2.24, 2.45) is 5.92 Å². The van der Waals surface area contributed by atoms with Gasteiger partial charge < -0.3 is 10.2 Å². The Bertz CT molecular complexity index is 800. The summed E-state index contributed by atoms with van der Waals surface area (Å²) in [5, 5.41) is 2.90. The summed E-state index contributed by atoms with van der Waals surface area (Å²) in [6, 6.07) is 8.17. The Balaban J connectivity index is 1.62. The van der Waals surface area contributed by atoms with Crippen LogP contribution < -0.4 is 5.32 Å². The Morgan fingerprint density at radius 1 is 1.32 bits per heavy atom. The topological polar surface area (TPSA) is 49.4 Å². The fourth-order valence-corrected chi connectivity index (χ4v) is 4.28. The smallest absolute Gasteiger partial charge is 0.263 e. The molecule has 1 atom stereocenters. The number of hydrogen-bond donors (Lipinski definition) is 1. The molecule has 1 N–H and O–H groups in total. The lowest BCUT2D eigenvalue weighted by atomic mass is 9.87. The summed E-state index contributed by atoms with van der Waals surface area (Å²) in [6.45, 7) is 0.327. The van der Waals surface area contributed by atoms with E-state index in [1.807, 2.05) is 6.07 Å². The highest BCUT2D eigenvalue weighted by Gasteiger charge is 2.27. The van der Waals surface area contributed by atoms with Crippen LogP contribution in [0, 0.1) is 11.7 Å². The summed E-state index contributed by atoms with van der Waals surface area (Å²) in [7, 11) is 3.48. The lowest BCUT2D eigenvalue weighted by molar-refractivity contribution is -0.125. The highest BCUT2D eigenvalue weighted by atomic mass is 32.1. The zero-order chi connectivity index (χ0) is 18.0. The first-order chi connectivity index (χ1) is 11.9. The third-order valence-electron chi connectivity index (χ3n) is 4.43. The van der Waals surface area contributed by atoms with Crippen LogP contribution in [0.2, 0.25) is 0 Å². The molecule has 1 unspecified atom stereocenters. The van der Waals surface area contributed by atoms with Gasteiger partial charge >= 0.3 is 0 Å². The van der Waals surface area contributed by atoms with E-state index in [1.54, 1.807) is 31.1 Å². The van der Waals surface area contributed by atoms with Crippen molar-refractivity contribution < 1.29 is 14.0 Å². The van der Waals surface area contributed by atoms with E-state index >= 15 is 0 Å². The van der Waals surface area contributed by atoms with Gasteiger partial charge in [-0.3, -0.25) is 9.59 Å². The van der Waals surface area contributed by atoms with Crippen LogP contribution in [0.4, 0.5) is 4.39 Å². The Hall–Kier alpha value is -2.21. The number of amides is 2. The van der Waals surface area contributed by atoms with E-state index in [0.29, 0.717) is 13.0 Å². The predicted molar refractivity (Wildman–Crippen MR) is 96.1 cm³/mol. The van der Waals surface area contributed by atoms with E-state index in [4.69, 9.17) is 0 Å². The lowest BCUT2D eigenvalue weighted by Crippen LogP contribution is -2.33. The SMILES string of the molecule is CN(C)C(=O)c1cc2c(s1)CCC(C(=O)NCc1cccc(F)c1)C2. The predicted octanol–water partition coefficient (Wildman–Crippen LogP) is 3.01. The van der Waals surface area contributed by atoms with Crippen molar-refractivity contribution in [3.05, 3.63) is 57.0 Å². The highest BCUT2D eigenvalue weighted by Crippen LogP contribution is 2.33. The van der Waals surface area contributed by atoms with Crippen LogP contribution in [-0.2, 0) is 24.2 Å². The average molecular weight is 360 g/mol. The number of halogens is 1. The molecule has 1 aliphatic rings. The van der Waals surface area contributed by atoms with E-state index in [2.05, 4.69) is 5.32 Å². The number of hydrogen-bond acceptors (Lipinski definition) is 3. The molecule has 1 aromatic heterocycles. The van der Waals surface area contributed by atoms with Gasteiger partial charge in [-0.25, -0.2) is 4.39 Å². The van der Waals surface area contributed by atoms with Crippen molar-refractivity contribution in [3.8, 4) is 0 Å². The number of fused-ring (bicyclic) bond motifs is 1. The van der Waals surface area contributed by atoms with E-state index < -0.39 is 0 Å². The zero-order valence-corrected chi connectivity index (χ0v) is 15.2. The number of rotatable bonds is 4. The molecule has 25 heavy (non-hydrogen) atoms. The van der Waals surface area contributed by atoms with E-state index in [-0.39, 0.29) is 23.5 Å². The summed E-state index contributed by atoms with van der Waals surface area (Å²) in [5.74, 6) is -0.406. The fraction of sp³-hybridized carbons (Fsp3) is 0.368. The Kier molecular flexibility index (Phi) is 5.18. The molecule has 1 aromatic carbocycles. The number of carbonyl (C=O) groups excluding carboxylic acids is 2. The first-order valence-corrected chi connectivity index (χ1v) is 9.11. The minimum absolute atomic E-state index is 0.00602. The van der Waals surface area contributed by atoms with E-state index in [1.165, 1.54) is 28.3 Å². The van der Waals surface area contributed by atoms with Crippen LogP contribution in [0.15, 0.2) is 30.3 Å². The number of thiophene rings is 1. The molecule has 2 amide bonds. The third kappa shape index (κ3) is 4.07. The zero-order valence-electron chi connectivity index (χ0n) is 14.3. The van der Waals surface area contributed by atoms with Crippen LogP contribution in [0.25, 0.3) is 0 Å². The van der Waals surface area contributed by atoms with Gasteiger partial charge in [-0.05, 0) is 48.6 Å². The van der Waals surface area contributed by atoms with Crippen LogP contribution >= 0.6 is 11.3 Å². The maximum absolute atomic E-state index is 13.2. The molecule has 0 aliphatic heterocycles. The second kappa shape index (κ2) is 7.35. The molecule has 1 heterocycles. The molecule has 0 saturated heterocycles. The summed E-state index contributed by atoms with van der Waals surface area (Å²) < 4.78 is 13.2. The molecule has 0 saturated carbocycles. The maximum Gasteiger partial charge on any atom is 0.263 e. The Morgan fingerprint density at radius 2 is 2.12 bits per heavy atom. The second-order valence-electron chi connectivity index (χ2n) is 6.55. The summed E-state index contributed by atoms with van der Waals surface area (Å²) in [4.78, 5) is 28.0. The summed E-state index contributed by atoms with van der Waals surface area (Å²) in [6.07, 6.45) is 2.25. The molecule has 0 radical (unpaired) electrons. The van der Waals surface area contributed by atoms with Gasteiger partial charge in [-0.1, -0.05) is 12.1 Å². The summed E-state index contributed by atoms with van der Waals surface area (Å²) in [5.41, 5.74) is 1.85. The first kappa shape index (κ1) is 17.6. The van der Waals surface area contributed by atoms with Gasteiger partial charge in [0.15, 0.2) is 0 Å². The molecular weight excluding hydrogens is 339 g/mol. The van der Waals surface area contributed by atoms with Gasteiger partial charge in [0.1, 0.15) is 5.82 Å². The Labute approximate surface area is 150 Å². The average Bonchev–Trinajstić information content (AvgIpc) is 3.02. The number of carbonyl (C=O) groups is 2. The molecule has 132 valence electrons. The van der Waals surface area contributed by atoms with Crippen molar-refractivity contribution >= 4 is 23.2 Å². The minimum atomic E-state index is -0.301. The molecule has 3 rings (SSSR count). The standard InChI is InChI=1S/C19H21FN2O2S/c1-22(2)19(24)17-10-14-9-13(6-7-16(14)25-17)18(23)21-11-12-4-3-5-15(20)8-12/h3-5,8,10,13H,6-7,9,11H2,1-2H3,(H,21,23). The Morgan fingerprint density at radius 3 is 2.84 bits per heavy atom. The van der Waals surface area contributed by atoms with Crippen LogP contribution in [0.1, 0.15) is 32.1 Å². The number of benzene rings is 1. The number of nitrogens with one attached hydrogen (secondary N) is 1. The van der Waals surface area contributed by atoms with Gasteiger partial charge in [-0.2, -0.15) is 0 Å². The number of nitrogens with zero attached hydrogens (tertiary/aromatic N) is 1. The lowest BCUT2D eigenvalue weighted by Gasteiger charge is -2.21. The van der Waals surface area contributed by atoms with Gasteiger partial charge in [0.2, 0.25) is 5.91 Å². The normalized spacial score (nSPS) is 16.2. The van der Waals surface area contributed by atoms with Gasteiger partial charge in [0.25, 0.3) is 5.91 Å². The van der Waals surface area contributed by atoms with Crippen molar-refractivity contribution in [3.63, 3.8) is 0 Å². The van der Waals surface area contributed by atoms with E-state index in [0.717, 1.165) is 28.8 Å². The van der Waals surface area contributed by atoms with Crippen LogP contribution in [-0.4, -0.2) is 30.8 Å². The molecule has 0 fully saturated rings. The highest BCUT2D eigenvalue weighted by molar-refractivity contribution is 7.14. The van der Waals surface area contributed by atoms with Crippen LogP contribution in [0.3, 0.4) is 0 Å². The minimum Gasteiger partial charge on any atom is -0.352 e. The first-order valence-electron chi connectivity index (χ1n) is 8.29. The molecular formula is C19H21FN2O2S. The van der Waals surface area contributed by atoms with E-state index in [9.17, 15) is 14.0 Å². The summed E-state index contributed by atoms with van der Waals surface area (Å²) >= 11 is 1.53. The maximum atomic E-state index is 13.2. The second-order valence-corrected chi connectivity index (χ2v) is 7.68. The molecule has 0 bridgehead atoms. The third-order valence-corrected chi connectivity index (χ3v) is 5.65. The van der Waals surface area contributed by atoms with Gasteiger partial charge in [0, 0.05) is 31.4 Å². The molecule has 2 aromatic rings. The van der Waals surface area contributed by atoms with Crippen molar-refractivity contribution in [2.75, 3.05) is 14.1 Å². The fourth-order valence-electron chi connectivity index (χ4n) is 3.05. The van der Waals surface area contributed by atoms with Crippen molar-refractivity contribution in [1.82, 2.24) is 10.2 Å². The largest absolute Gasteiger partial charge is 0.352 e.